The molecule has 0 saturated heterocycles. The fraction of sp³-hybridized carbons (Fsp3) is 0.364. The van der Waals surface area contributed by atoms with Crippen LogP contribution in [0.3, 0.4) is 0 Å². The van der Waals surface area contributed by atoms with Gasteiger partial charge in [-0.1, -0.05) is 6.92 Å². The van der Waals surface area contributed by atoms with Crippen LogP contribution < -0.4 is 10.6 Å². The lowest BCUT2D eigenvalue weighted by atomic mass is 10.2. The van der Waals surface area contributed by atoms with Crippen molar-refractivity contribution in [2.75, 3.05) is 0 Å². The Bertz CT molecular complexity index is 446. The third-order valence-corrected chi connectivity index (χ3v) is 2.53. The molecule has 0 saturated carbocycles. The van der Waals surface area contributed by atoms with Crippen LogP contribution in [0.25, 0.3) is 0 Å². The molecule has 0 aliphatic carbocycles. The van der Waals surface area contributed by atoms with E-state index in [1.165, 1.54) is 0 Å². The fourth-order valence-electron chi connectivity index (χ4n) is 1.13. The van der Waals surface area contributed by atoms with Gasteiger partial charge in [-0.2, -0.15) is 5.10 Å². The zero-order valence-corrected chi connectivity index (χ0v) is 11.2. The van der Waals surface area contributed by atoms with E-state index in [9.17, 15) is 4.21 Å². The van der Waals surface area contributed by atoms with Crippen LogP contribution in [0.5, 0.6) is 0 Å². The van der Waals surface area contributed by atoms with Crippen molar-refractivity contribution in [2.24, 2.45) is 15.2 Å². The van der Waals surface area contributed by atoms with Crippen LogP contribution in [-0.4, -0.2) is 26.6 Å². The van der Waals surface area contributed by atoms with Crippen molar-refractivity contribution in [3.05, 3.63) is 30.1 Å². The standard InChI is InChI=1S/C11H17N5OS/c1-3-9(2)15-11(16-14-8-18(12)17)10-4-6-13-7-5-10/h4-9H,3,12H2,1-2H3,(H,15,16)/b14-8+. The van der Waals surface area contributed by atoms with Crippen molar-refractivity contribution in [3.63, 3.8) is 0 Å². The molecule has 3 N–H and O–H groups in total. The van der Waals surface area contributed by atoms with Gasteiger partial charge in [0, 0.05) is 24.0 Å². The maximum atomic E-state index is 10.7. The summed E-state index contributed by atoms with van der Waals surface area (Å²) in [6.07, 6.45) is 4.27. The van der Waals surface area contributed by atoms with Crippen LogP contribution in [0.1, 0.15) is 25.8 Å². The van der Waals surface area contributed by atoms with Crippen LogP contribution in [0.15, 0.2) is 34.6 Å². The van der Waals surface area contributed by atoms with Crippen molar-refractivity contribution in [2.45, 2.75) is 26.3 Å². The molecule has 6 nitrogen and oxygen atoms in total. The second kappa shape index (κ2) is 7.67. The molecule has 0 radical (unpaired) electrons. The van der Waals surface area contributed by atoms with Crippen molar-refractivity contribution in [3.8, 4) is 0 Å². The average molecular weight is 267 g/mol. The topological polar surface area (TPSA) is 92.7 Å². The average Bonchev–Trinajstić information content (AvgIpc) is 2.38. The molecule has 0 amide bonds. The predicted molar refractivity (Wildman–Crippen MR) is 74.5 cm³/mol. The van der Waals surface area contributed by atoms with Gasteiger partial charge >= 0.3 is 0 Å². The molecule has 0 fully saturated rings. The molecule has 0 aliphatic rings. The lowest BCUT2D eigenvalue weighted by Gasteiger charge is -2.09. The van der Waals surface area contributed by atoms with E-state index in [0.29, 0.717) is 5.84 Å². The molecule has 18 heavy (non-hydrogen) atoms. The summed E-state index contributed by atoms with van der Waals surface area (Å²) in [5.74, 6) is 0.605. The zero-order chi connectivity index (χ0) is 13.4. The molecule has 1 aromatic rings. The lowest BCUT2D eigenvalue weighted by molar-refractivity contribution is 0.691. The van der Waals surface area contributed by atoms with Gasteiger partial charge in [-0.25, -0.2) is 9.35 Å². The molecular weight excluding hydrogens is 250 g/mol. The first-order valence-corrected chi connectivity index (χ1v) is 6.83. The minimum absolute atomic E-state index is 0.166. The van der Waals surface area contributed by atoms with Gasteiger partial charge in [-0.05, 0) is 25.5 Å². The Balaban J connectivity index is 2.89. The molecule has 1 heterocycles. The number of amidine groups is 1. The molecule has 1 aromatic heterocycles. The molecular formula is C11H17N5OS. The molecule has 98 valence electrons. The molecule has 0 spiro atoms. The summed E-state index contributed by atoms with van der Waals surface area (Å²) in [5.41, 5.74) is 4.74. The number of aliphatic imine (C=N–C) groups is 1. The van der Waals surface area contributed by atoms with Gasteiger partial charge < -0.3 is 0 Å². The van der Waals surface area contributed by atoms with Crippen molar-refractivity contribution in [1.29, 1.82) is 0 Å². The van der Waals surface area contributed by atoms with Gasteiger partial charge in [0.05, 0.1) is 0 Å². The van der Waals surface area contributed by atoms with Gasteiger partial charge in [-0.3, -0.25) is 15.4 Å². The van der Waals surface area contributed by atoms with Crippen LogP contribution in [0, 0.1) is 0 Å². The number of hydrazone groups is 1. The van der Waals surface area contributed by atoms with E-state index in [1.807, 2.05) is 19.1 Å². The van der Waals surface area contributed by atoms with Gasteiger partial charge in [0.2, 0.25) is 0 Å². The molecule has 0 bridgehead atoms. The first-order chi connectivity index (χ1) is 8.63. The van der Waals surface area contributed by atoms with Gasteiger partial charge in [0.1, 0.15) is 22.4 Å². The normalized spacial score (nSPS) is 15.6. The van der Waals surface area contributed by atoms with Crippen LogP contribution in [-0.2, 0) is 11.0 Å². The highest BCUT2D eigenvalue weighted by Crippen LogP contribution is 2.02. The summed E-state index contributed by atoms with van der Waals surface area (Å²) in [7, 11) is -1.57. The Hall–Kier alpha value is -1.60. The third-order valence-electron chi connectivity index (χ3n) is 2.22. The summed E-state index contributed by atoms with van der Waals surface area (Å²) in [5, 5.41) is 8.86. The van der Waals surface area contributed by atoms with Crippen molar-refractivity contribution in [1.82, 2.24) is 10.4 Å². The number of rotatable bonds is 5. The number of hydrogen-bond donors (Lipinski definition) is 2. The number of aromatic nitrogens is 1. The van der Waals surface area contributed by atoms with E-state index >= 15 is 0 Å². The molecule has 2 unspecified atom stereocenters. The minimum Gasteiger partial charge on any atom is -0.265 e. The highest BCUT2D eigenvalue weighted by Gasteiger charge is 2.04. The lowest BCUT2D eigenvalue weighted by Crippen LogP contribution is -2.22. The maximum Gasteiger partial charge on any atom is 0.149 e. The third kappa shape index (κ3) is 5.15. The summed E-state index contributed by atoms with van der Waals surface area (Å²) in [6, 6.07) is 3.81. The Kier molecular flexibility index (Phi) is 6.16. The zero-order valence-electron chi connectivity index (χ0n) is 10.4. The quantitative estimate of drug-likeness (QED) is 0.469. The van der Waals surface area contributed by atoms with Gasteiger partial charge in [0.25, 0.3) is 0 Å². The Morgan fingerprint density at radius 3 is 2.83 bits per heavy atom. The van der Waals surface area contributed by atoms with E-state index in [0.717, 1.165) is 17.5 Å². The van der Waals surface area contributed by atoms with Crippen LogP contribution in [0.2, 0.25) is 0 Å². The molecule has 2 atom stereocenters. The first kappa shape index (κ1) is 14.5. The second-order valence-corrected chi connectivity index (χ2v) is 4.51. The summed E-state index contributed by atoms with van der Waals surface area (Å²) < 4.78 is 10.7. The van der Waals surface area contributed by atoms with E-state index in [2.05, 4.69) is 27.4 Å². The number of hydrogen-bond acceptors (Lipinski definition) is 4. The van der Waals surface area contributed by atoms with Crippen LogP contribution in [0.4, 0.5) is 0 Å². The monoisotopic (exact) mass is 267 g/mol. The molecule has 0 aliphatic heterocycles. The summed E-state index contributed by atoms with van der Waals surface area (Å²) in [6.45, 7) is 4.06. The first-order valence-electron chi connectivity index (χ1n) is 5.55. The van der Waals surface area contributed by atoms with Gasteiger partial charge in [0.15, 0.2) is 0 Å². The smallest absolute Gasteiger partial charge is 0.149 e. The fourth-order valence-corrected chi connectivity index (χ4v) is 1.29. The number of nitrogens with two attached hydrogens (primary N) is 1. The number of nitrogens with zero attached hydrogens (tertiary/aromatic N) is 3. The Labute approximate surface area is 109 Å². The molecule has 1 rings (SSSR count). The summed E-state index contributed by atoms with van der Waals surface area (Å²) >= 11 is 0. The second-order valence-electron chi connectivity index (χ2n) is 3.65. The Morgan fingerprint density at radius 1 is 1.61 bits per heavy atom. The number of nitrogens with one attached hydrogen (secondary N) is 1. The Morgan fingerprint density at radius 2 is 2.28 bits per heavy atom. The number of pyridine rings is 1. The summed E-state index contributed by atoms with van der Waals surface area (Å²) in [4.78, 5) is 8.43. The van der Waals surface area contributed by atoms with E-state index in [4.69, 9.17) is 5.14 Å². The minimum atomic E-state index is -1.57. The molecule has 7 heteroatoms. The SMILES string of the molecule is CCC(C)N=C(N/N=C/S(N)=O)c1ccncc1. The highest BCUT2D eigenvalue weighted by atomic mass is 32.2. The van der Waals surface area contributed by atoms with E-state index in [-0.39, 0.29) is 6.04 Å². The largest absolute Gasteiger partial charge is 0.265 e. The maximum absolute atomic E-state index is 10.7. The van der Waals surface area contributed by atoms with Crippen molar-refractivity contribution >= 4 is 22.4 Å². The highest BCUT2D eigenvalue weighted by molar-refractivity contribution is 7.96. The van der Waals surface area contributed by atoms with E-state index in [1.54, 1.807) is 12.4 Å². The van der Waals surface area contributed by atoms with Crippen molar-refractivity contribution < 1.29 is 4.21 Å². The van der Waals surface area contributed by atoms with Crippen LogP contribution >= 0.6 is 0 Å². The van der Waals surface area contributed by atoms with Gasteiger partial charge in [-0.15, -0.1) is 0 Å². The van der Waals surface area contributed by atoms with E-state index < -0.39 is 11.0 Å². The molecule has 0 aromatic carbocycles. The predicted octanol–water partition coefficient (Wildman–Crippen LogP) is 0.782.